The fraction of sp³-hybridized carbons (Fsp3) is 0.500. The Hall–Kier alpha value is -1.38. The van der Waals surface area contributed by atoms with Crippen LogP contribution in [0.1, 0.15) is 32.8 Å². The molecule has 0 fully saturated rings. The van der Waals surface area contributed by atoms with Gasteiger partial charge in [0.1, 0.15) is 0 Å². The van der Waals surface area contributed by atoms with E-state index < -0.39 is 9.84 Å². The maximum atomic E-state index is 12.1. The van der Waals surface area contributed by atoms with E-state index in [0.29, 0.717) is 12.1 Å². The molecule has 1 N–H and O–H groups in total. The number of nitrogens with zero attached hydrogens (tertiary/aromatic N) is 1. The number of hydrogen-bond donors (Lipinski definition) is 1. The molecule has 0 aromatic heterocycles. The summed E-state index contributed by atoms with van der Waals surface area (Å²) in [5.74, 6) is 0.0330. The zero-order valence-electron chi connectivity index (χ0n) is 11.6. The van der Waals surface area contributed by atoms with Gasteiger partial charge in [0.15, 0.2) is 9.84 Å². The van der Waals surface area contributed by atoms with Crippen LogP contribution < -0.4 is 5.32 Å². The molecule has 1 aromatic rings. The second-order valence-corrected chi connectivity index (χ2v) is 7.23. The highest BCUT2D eigenvalue weighted by Crippen LogP contribution is 2.13. The normalized spacial score (nSPS) is 12.1. The molecule has 5 heteroatoms. The number of rotatable bonds is 6. The highest BCUT2D eigenvalue weighted by Gasteiger charge is 2.18. The molecule has 0 saturated heterocycles. The molecule has 0 atom stereocenters. The van der Waals surface area contributed by atoms with Gasteiger partial charge in [0, 0.05) is 12.1 Å². The fourth-order valence-corrected chi connectivity index (χ4v) is 2.72. The van der Waals surface area contributed by atoms with Gasteiger partial charge >= 0.3 is 0 Å². The summed E-state index contributed by atoms with van der Waals surface area (Å²) in [6.07, 6.45) is 0.928. The third kappa shape index (κ3) is 4.66. The Morgan fingerprint density at radius 1 is 1.37 bits per heavy atom. The van der Waals surface area contributed by atoms with Crippen LogP contribution in [0.25, 0.3) is 0 Å². The summed E-state index contributed by atoms with van der Waals surface area (Å²) < 4.78 is 24.3. The van der Waals surface area contributed by atoms with Gasteiger partial charge in [-0.05, 0) is 38.5 Å². The first-order valence-electron chi connectivity index (χ1n) is 6.29. The van der Waals surface area contributed by atoms with E-state index in [1.54, 1.807) is 12.1 Å². The molecule has 1 aromatic carbocycles. The van der Waals surface area contributed by atoms with Crippen LogP contribution in [0.15, 0.2) is 29.2 Å². The summed E-state index contributed by atoms with van der Waals surface area (Å²) in [6.45, 7) is 6.53. The highest BCUT2D eigenvalue weighted by molar-refractivity contribution is 7.91. The average molecular weight is 280 g/mol. The van der Waals surface area contributed by atoms with Crippen molar-refractivity contribution >= 4 is 9.84 Å². The zero-order valence-corrected chi connectivity index (χ0v) is 12.4. The topological polar surface area (TPSA) is 70.0 Å². The van der Waals surface area contributed by atoms with Gasteiger partial charge in [-0.2, -0.15) is 5.26 Å². The van der Waals surface area contributed by atoms with E-state index in [0.717, 1.165) is 6.42 Å². The van der Waals surface area contributed by atoms with Gasteiger partial charge in [-0.25, -0.2) is 8.42 Å². The lowest BCUT2D eigenvalue weighted by atomic mass is 10.0. The van der Waals surface area contributed by atoms with Gasteiger partial charge in [-0.15, -0.1) is 0 Å². The molecular weight excluding hydrogens is 260 g/mol. The van der Waals surface area contributed by atoms with Crippen molar-refractivity contribution in [2.24, 2.45) is 0 Å². The Morgan fingerprint density at radius 3 is 2.63 bits per heavy atom. The Bertz CT molecular complexity index is 571. The first kappa shape index (κ1) is 15.7. The molecule has 1 rings (SSSR count). The molecule has 0 saturated carbocycles. The minimum atomic E-state index is -3.34. The van der Waals surface area contributed by atoms with E-state index >= 15 is 0 Å². The summed E-state index contributed by atoms with van der Waals surface area (Å²) in [5.41, 5.74) is 0.298. The van der Waals surface area contributed by atoms with Crippen molar-refractivity contribution in [3.05, 3.63) is 29.8 Å². The summed E-state index contributed by atoms with van der Waals surface area (Å²) in [4.78, 5) is 0.211. The van der Waals surface area contributed by atoms with E-state index in [1.807, 2.05) is 19.9 Å². The smallest absolute Gasteiger partial charge is 0.179 e. The van der Waals surface area contributed by atoms with Crippen LogP contribution >= 0.6 is 0 Å². The molecule has 0 heterocycles. The average Bonchev–Trinajstić information content (AvgIpc) is 2.38. The predicted molar refractivity (Wildman–Crippen MR) is 75.6 cm³/mol. The van der Waals surface area contributed by atoms with Gasteiger partial charge in [0.2, 0.25) is 0 Å². The molecule has 0 spiro atoms. The summed E-state index contributed by atoms with van der Waals surface area (Å²) in [5, 5.41) is 12.0. The molecule has 0 unspecified atom stereocenters. The van der Waals surface area contributed by atoms with Crippen molar-refractivity contribution in [3.63, 3.8) is 0 Å². The van der Waals surface area contributed by atoms with Crippen molar-refractivity contribution in [1.29, 1.82) is 5.26 Å². The van der Waals surface area contributed by atoms with Gasteiger partial charge in [0.25, 0.3) is 0 Å². The molecule has 0 radical (unpaired) electrons. The molecule has 0 amide bonds. The quantitative estimate of drug-likeness (QED) is 0.866. The van der Waals surface area contributed by atoms with E-state index in [-0.39, 0.29) is 16.2 Å². The number of nitriles is 1. The third-order valence-electron chi connectivity index (χ3n) is 3.18. The minimum Gasteiger partial charge on any atom is -0.311 e. The summed E-state index contributed by atoms with van der Waals surface area (Å²) in [6, 6.07) is 8.08. The van der Waals surface area contributed by atoms with Crippen LogP contribution in [0, 0.1) is 11.3 Å². The van der Waals surface area contributed by atoms with E-state index in [1.165, 1.54) is 12.1 Å². The molecule has 0 bridgehead atoms. The third-order valence-corrected chi connectivity index (χ3v) is 4.89. The summed E-state index contributed by atoms with van der Waals surface area (Å²) >= 11 is 0. The fourth-order valence-electron chi connectivity index (χ4n) is 1.53. The van der Waals surface area contributed by atoms with Crippen LogP contribution in [-0.4, -0.2) is 26.3 Å². The SMILES string of the molecule is CCC(C)(C)NCCS(=O)(=O)c1cccc(C#N)c1. The molecule has 4 nitrogen and oxygen atoms in total. The first-order chi connectivity index (χ1) is 8.80. The Kier molecular flexibility index (Phi) is 5.10. The first-order valence-corrected chi connectivity index (χ1v) is 7.94. The molecule has 0 aliphatic heterocycles. The highest BCUT2D eigenvalue weighted by atomic mass is 32.2. The number of hydrogen-bond acceptors (Lipinski definition) is 4. The number of sulfone groups is 1. The lowest BCUT2D eigenvalue weighted by molar-refractivity contribution is 0.387. The monoisotopic (exact) mass is 280 g/mol. The van der Waals surface area contributed by atoms with Gasteiger partial charge in [0.05, 0.1) is 22.3 Å². The Balaban J connectivity index is 2.74. The van der Waals surface area contributed by atoms with Gasteiger partial charge in [-0.3, -0.25) is 0 Å². The van der Waals surface area contributed by atoms with Gasteiger partial charge < -0.3 is 5.32 Å². The minimum absolute atomic E-state index is 0.0330. The van der Waals surface area contributed by atoms with Crippen LogP contribution in [0.3, 0.4) is 0 Å². The lowest BCUT2D eigenvalue weighted by Crippen LogP contribution is -2.41. The molecule has 19 heavy (non-hydrogen) atoms. The number of benzene rings is 1. The van der Waals surface area contributed by atoms with Crippen molar-refractivity contribution in [3.8, 4) is 6.07 Å². The van der Waals surface area contributed by atoms with Crippen LogP contribution in [0.2, 0.25) is 0 Å². The lowest BCUT2D eigenvalue weighted by Gasteiger charge is -2.24. The maximum Gasteiger partial charge on any atom is 0.179 e. The Morgan fingerprint density at radius 2 is 2.05 bits per heavy atom. The van der Waals surface area contributed by atoms with Crippen molar-refractivity contribution < 1.29 is 8.42 Å². The molecule has 104 valence electrons. The second kappa shape index (κ2) is 6.18. The molecule has 0 aliphatic rings. The zero-order chi connectivity index (χ0) is 14.5. The van der Waals surface area contributed by atoms with Crippen LogP contribution in [0.4, 0.5) is 0 Å². The van der Waals surface area contributed by atoms with Crippen LogP contribution in [0.5, 0.6) is 0 Å². The van der Waals surface area contributed by atoms with E-state index in [9.17, 15) is 8.42 Å². The molecular formula is C14H20N2O2S. The van der Waals surface area contributed by atoms with E-state index in [4.69, 9.17) is 5.26 Å². The predicted octanol–water partition coefficient (Wildman–Crippen LogP) is 2.11. The van der Waals surface area contributed by atoms with Crippen molar-refractivity contribution in [2.45, 2.75) is 37.6 Å². The second-order valence-electron chi connectivity index (χ2n) is 5.12. The van der Waals surface area contributed by atoms with Crippen molar-refractivity contribution in [2.75, 3.05) is 12.3 Å². The Labute approximate surface area is 115 Å². The van der Waals surface area contributed by atoms with Crippen LogP contribution in [-0.2, 0) is 9.84 Å². The largest absolute Gasteiger partial charge is 0.311 e. The summed E-state index contributed by atoms with van der Waals surface area (Å²) in [7, 11) is -3.34. The maximum absolute atomic E-state index is 12.1. The standard InChI is InChI=1S/C14H20N2O2S/c1-4-14(2,3)16-8-9-19(17,18)13-7-5-6-12(10-13)11-15/h5-7,10,16H,4,8-9H2,1-3H3. The van der Waals surface area contributed by atoms with Gasteiger partial charge in [-0.1, -0.05) is 13.0 Å². The molecule has 0 aliphatic carbocycles. The number of nitrogens with one attached hydrogen (secondary N) is 1. The van der Waals surface area contributed by atoms with E-state index in [2.05, 4.69) is 12.2 Å². The van der Waals surface area contributed by atoms with Crippen molar-refractivity contribution in [1.82, 2.24) is 5.32 Å².